The first-order valence-electron chi connectivity index (χ1n) is 9.34. The third-order valence-electron chi connectivity index (χ3n) is 4.91. The van der Waals surface area contributed by atoms with E-state index in [1.807, 2.05) is 47.4 Å². The maximum absolute atomic E-state index is 13.0. The Balaban J connectivity index is 1.59. The van der Waals surface area contributed by atoms with E-state index in [1.165, 1.54) is 17.3 Å². The maximum Gasteiger partial charge on any atom is 0.237 e. The molecule has 4 rings (SSSR count). The van der Waals surface area contributed by atoms with Gasteiger partial charge in [-0.25, -0.2) is 9.97 Å². The number of anilines is 1. The van der Waals surface area contributed by atoms with Crippen LogP contribution in [0, 0.1) is 0 Å². The van der Waals surface area contributed by atoms with Crippen molar-refractivity contribution in [3.63, 3.8) is 0 Å². The summed E-state index contributed by atoms with van der Waals surface area (Å²) in [5.41, 5.74) is 3.23. The molecule has 1 aromatic heterocycles. The van der Waals surface area contributed by atoms with Gasteiger partial charge in [0.2, 0.25) is 5.91 Å². The number of carbonyl (C=O) groups excluding carboxylic acids is 1. The normalized spacial score (nSPS) is 16.1. The summed E-state index contributed by atoms with van der Waals surface area (Å²) >= 11 is 1.51. The van der Waals surface area contributed by atoms with Crippen LogP contribution in [0.15, 0.2) is 53.6 Å². The highest BCUT2D eigenvalue weighted by atomic mass is 32.2. The van der Waals surface area contributed by atoms with E-state index in [1.54, 1.807) is 0 Å². The minimum Gasteiger partial charge on any atom is -0.308 e. The van der Waals surface area contributed by atoms with Crippen LogP contribution in [-0.2, 0) is 11.2 Å². The molecule has 1 aliphatic heterocycles. The Labute approximate surface area is 164 Å². The number of amides is 1. The number of fused-ring (bicyclic) bond motifs is 2. The number of thioether (sulfide) groups is 1. The highest BCUT2D eigenvalue weighted by molar-refractivity contribution is 8.00. The Hall–Kier alpha value is -2.40. The lowest BCUT2D eigenvalue weighted by molar-refractivity contribution is -0.116. The lowest BCUT2D eigenvalue weighted by atomic mass is 10.1. The summed E-state index contributed by atoms with van der Waals surface area (Å²) < 4.78 is 0. The molecule has 2 aromatic carbocycles. The van der Waals surface area contributed by atoms with E-state index in [0.29, 0.717) is 5.75 Å². The summed E-state index contributed by atoms with van der Waals surface area (Å²) in [5.74, 6) is 1.57. The summed E-state index contributed by atoms with van der Waals surface area (Å²) in [7, 11) is 0. The lowest BCUT2D eigenvalue weighted by Crippen LogP contribution is -2.37. The number of hydrogen-bond donors (Lipinski definition) is 0. The predicted molar refractivity (Wildman–Crippen MR) is 111 cm³/mol. The molecule has 0 saturated heterocycles. The minimum atomic E-state index is 0.131. The molecular formula is C22H23N3OS. The number of nitrogens with zero attached hydrogens (tertiary/aromatic N) is 3. The molecule has 3 aromatic rings. The van der Waals surface area contributed by atoms with Crippen molar-refractivity contribution in [1.29, 1.82) is 0 Å². The van der Waals surface area contributed by atoms with Crippen LogP contribution in [0.2, 0.25) is 0 Å². The lowest BCUT2D eigenvalue weighted by Gasteiger charge is -2.22. The van der Waals surface area contributed by atoms with Crippen molar-refractivity contribution in [3.8, 4) is 0 Å². The molecular weight excluding hydrogens is 354 g/mol. The smallest absolute Gasteiger partial charge is 0.237 e. The maximum atomic E-state index is 13.0. The number of benzene rings is 2. The van der Waals surface area contributed by atoms with Crippen molar-refractivity contribution < 1.29 is 4.79 Å². The van der Waals surface area contributed by atoms with Crippen LogP contribution in [0.1, 0.15) is 38.1 Å². The average Bonchev–Trinajstić information content (AvgIpc) is 3.01. The monoisotopic (exact) mass is 377 g/mol. The summed E-state index contributed by atoms with van der Waals surface area (Å²) in [5, 5.41) is 1.90. The van der Waals surface area contributed by atoms with Gasteiger partial charge in [0.05, 0.1) is 11.3 Å². The zero-order valence-corrected chi connectivity index (χ0v) is 16.7. The van der Waals surface area contributed by atoms with E-state index >= 15 is 0 Å². The fourth-order valence-corrected chi connectivity index (χ4v) is 4.46. The average molecular weight is 378 g/mol. The van der Waals surface area contributed by atoms with Crippen molar-refractivity contribution in [2.45, 2.75) is 44.2 Å². The van der Waals surface area contributed by atoms with E-state index in [0.717, 1.165) is 33.9 Å². The molecule has 1 atom stereocenters. The Morgan fingerprint density at radius 1 is 1.15 bits per heavy atom. The second-order valence-electron chi connectivity index (χ2n) is 7.29. The molecule has 0 spiro atoms. The number of para-hydroxylation sites is 2. The van der Waals surface area contributed by atoms with Crippen LogP contribution in [0.3, 0.4) is 0 Å². The fraction of sp³-hybridized carbons (Fsp3) is 0.318. The quantitative estimate of drug-likeness (QED) is 0.483. The molecule has 0 fully saturated rings. The zero-order chi connectivity index (χ0) is 19.0. The second kappa shape index (κ2) is 7.31. The van der Waals surface area contributed by atoms with Gasteiger partial charge >= 0.3 is 0 Å². The number of hydrogen-bond acceptors (Lipinski definition) is 4. The van der Waals surface area contributed by atoms with Gasteiger partial charge in [0.1, 0.15) is 10.9 Å². The minimum absolute atomic E-state index is 0.131. The van der Waals surface area contributed by atoms with E-state index in [9.17, 15) is 4.79 Å². The first kappa shape index (κ1) is 18.0. The standard InChI is InChI=1S/C22H23N3OS/c1-14(2)21-23-18-10-6-5-9-17(18)22(24-21)27-13-20(26)25-15(3)12-16-8-4-7-11-19(16)25/h4-11,14-15H,12-13H2,1-3H3/t15-/m0/s1. The molecule has 27 heavy (non-hydrogen) atoms. The molecule has 4 nitrogen and oxygen atoms in total. The van der Waals surface area contributed by atoms with Gasteiger partial charge in [0, 0.05) is 23.0 Å². The molecule has 0 N–H and O–H groups in total. The van der Waals surface area contributed by atoms with Crippen LogP contribution in [-0.4, -0.2) is 27.7 Å². The molecule has 1 amide bonds. The number of rotatable bonds is 4. The van der Waals surface area contributed by atoms with Gasteiger partial charge < -0.3 is 4.90 Å². The van der Waals surface area contributed by atoms with Gasteiger partial charge in [-0.3, -0.25) is 4.79 Å². The van der Waals surface area contributed by atoms with Gasteiger partial charge in [-0.2, -0.15) is 0 Å². The van der Waals surface area contributed by atoms with Gasteiger partial charge in [0.25, 0.3) is 0 Å². The van der Waals surface area contributed by atoms with Crippen molar-refractivity contribution in [2.75, 3.05) is 10.7 Å². The zero-order valence-electron chi connectivity index (χ0n) is 15.8. The molecule has 0 radical (unpaired) electrons. The Kier molecular flexibility index (Phi) is 4.87. The summed E-state index contributed by atoms with van der Waals surface area (Å²) in [4.78, 5) is 24.4. The van der Waals surface area contributed by atoms with E-state index in [-0.39, 0.29) is 17.9 Å². The molecule has 138 valence electrons. The van der Waals surface area contributed by atoms with Crippen LogP contribution in [0.5, 0.6) is 0 Å². The van der Waals surface area contributed by atoms with Crippen LogP contribution < -0.4 is 4.90 Å². The molecule has 2 heterocycles. The SMILES string of the molecule is CC(C)c1nc(SCC(=O)N2c3ccccc3C[C@@H]2C)c2ccccc2n1. The predicted octanol–water partition coefficient (Wildman–Crippen LogP) is 4.82. The van der Waals surface area contributed by atoms with Gasteiger partial charge in [-0.1, -0.05) is 62.0 Å². The molecule has 0 bridgehead atoms. The number of aromatic nitrogens is 2. The van der Waals surface area contributed by atoms with E-state index < -0.39 is 0 Å². The molecule has 5 heteroatoms. The Bertz CT molecular complexity index is 1000. The van der Waals surface area contributed by atoms with Gasteiger partial charge in [-0.15, -0.1) is 0 Å². The van der Waals surface area contributed by atoms with E-state index in [2.05, 4.69) is 31.8 Å². The Morgan fingerprint density at radius 3 is 2.70 bits per heavy atom. The first-order valence-corrected chi connectivity index (χ1v) is 10.3. The van der Waals surface area contributed by atoms with Crippen molar-refractivity contribution in [2.24, 2.45) is 0 Å². The van der Waals surface area contributed by atoms with Crippen molar-refractivity contribution >= 4 is 34.3 Å². The summed E-state index contributed by atoms with van der Waals surface area (Å²) in [6.45, 7) is 6.29. The second-order valence-corrected chi connectivity index (χ2v) is 8.26. The largest absolute Gasteiger partial charge is 0.308 e. The summed E-state index contributed by atoms with van der Waals surface area (Å²) in [6, 6.07) is 16.4. The topological polar surface area (TPSA) is 46.1 Å². The highest BCUT2D eigenvalue weighted by Gasteiger charge is 2.30. The Morgan fingerprint density at radius 2 is 1.89 bits per heavy atom. The fourth-order valence-electron chi connectivity index (χ4n) is 3.58. The molecule has 1 aliphatic rings. The van der Waals surface area contributed by atoms with Gasteiger partial charge in [-0.05, 0) is 31.0 Å². The third-order valence-corrected chi connectivity index (χ3v) is 5.89. The third kappa shape index (κ3) is 3.44. The van der Waals surface area contributed by atoms with Gasteiger partial charge in [0.15, 0.2) is 0 Å². The molecule has 0 unspecified atom stereocenters. The van der Waals surface area contributed by atoms with Crippen molar-refractivity contribution in [1.82, 2.24) is 9.97 Å². The first-order chi connectivity index (χ1) is 13.0. The molecule has 0 saturated carbocycles. The van der Waals surface area contributed by atoms with Crippen LogP contribution >= 0.6 is 11.8 Å². The van der Waals surface area contributed by atoms with E-state index in [4.69, 9.17) is 4.98 Å². The molecule has 0 aliphatic carbocycles. The van der Waals surface area contributed by atoms with Crippen molar-refractivity contribution in [3.05, 3.63) is 59.9 Å². The van der Waals surface area contributed by atoms with Crippen LogP contribution in [0.25, 0.3) is 10.9 Å². The highest BCUT2D eigenvalue weighted by Crippen LogP contribution is 2.33. The van der Waals surface area contributed by atoms with Crippen LogP contribution in [0.4, 0.5) is 5.69 Å². The summed E-state index contributed by atoms with van der Waals surface area (Å²) in [6.07, 6.45) is 0.917. The number of carbonyl (C=O) groups is 1.